The number of hydrogen-bond acceptors (Lipinski definition) is 2. The number of amides is 1. The number of nitrogens with zero attached hydrogens (tertiary/aromatic N) is 1. The van der Waals surface area contributed by atoms with Gasteiger partial charge in [0, 0.05) is 30.1 Å². The van der Waals surface area contributed by atoms with Crippen LogP contribution in [0.2, 0.25) is 0 Å². The van der Waals surface area contributed by atoms with Crippen LogP contribution in [0.25, 0.3) is 0 Å². The molecule has 1 N–H and O–H groups in total. The zero-order valence-electron chi connectivity index (χ0n) is 13.7. The standard InChI is InChI=1S/C17H30N2O/c1-8-10-19(11-9-2)15(20)14-12-16(4,5)18-17(6,7)13(14)3/h8-9,13-14,18H,1-2,10-12H2,3-7H3. The maximum atomic E-state index is 12.9. The number of piperidine rings is 1. The smallest absolute Gasteiger partial charge is 0.226 e. The highest BCUT2D eigenvalue weighted by Crippen LogP contribution is 2.38. The Morgan fingerprint density at radius 1 is 1.25 bits per heavy atom. The van der Waals surface area contributed by atoms with Crippen molar-refractivity contribution in [3.8, 4) is 0 Å². The van der Waals surface area contributed by atoms with Gasteiger partial charge in [-0.2, -0.15) is 0 Å². The molecular formula is C17H30N2O. The van der Waals surface area contributed by atoms with Crippen molar-refractivity contribution in [2.45, 2.75) is 52.1 Å². The summed E-state index contributed by atoms with van der Waals surface area (Å²) in [5.74, 6) is 0.557. The largest absolute Gasteiger partial charge is 0.335 e. The predicted molar refractivity (Wildman–Crippen MR) is 85.5 cm³/mol. The van der Waals surface area contributed by atoms with E-state index >= 15 is 0 Å². The quantitative estimate of drug-likeness (QED) is 0.784. The zero-order chi connectivity index (χ0) is 15.6. The Labute approximate surface area is 124 Å². The zero-order valence-corrected chi connectivity index (χ0v) is 13.7. The molecule has 1 rings (SSSR count). The van der Waals surface area contributed by atoms with Crippen LogP contribution >= 0.6 is 0 Å². The minimum atomic E-state index is -0.0455. The summed E-state index contributed by atoms with van der Waals surface area (Å²) < 4.78 is 0. The Morgan fingerprint density at radius 3 is 2.20 bits per heavy atom. The van der Waals surface area contributed by atoms with Crippen molar-refractivity contribution in [2.24, 2.45) is 11.8 Å². The van der Waals surface area contributed by atoms with E-state index in [2.05, 4.69) is 53.1 Å². The van der Waals surface area contributed by atoms with Gasteiger partial charge in [0.05, 0.1) is 0 Å². The molecule has 2 unspecified atom stereocenters. The molecule has 0 aromatic carbocycles. The maximum absolute atomic E-state index is 12.9. The first-order chi connectivity index (χ1) is 9.14. The first-order valence-corrected chi connectivity index (χ1v) is 7.44. The summed E-state index contributed by atoms with van der Waals surface area (Å²) >= 11 is 0. The number of carbonyl (C=O) groups is 1. The molecule has 0 spiro atoms. The lowest BCUT2D eigenvalue weighted by Gasteiger charge is -2.51. The second-order valence-corrected chi connectivity index (χ2v) is 7.15. The van der Waals surface area contributed by atoms with Gasteiger partial charge in [-0.3, -0.25) is 4.79 Å². The molecule has 1 amide bonds. The highest BCUT2D eigenvalue weighted by atomic mass is 16.2. The third kappa shape index (κ3) is 3.72. The molecule has 0 bridgehead atoms. The Balaban J connectivity index is 2.98. The molecule has 3 nitrogen and oxygen atoms in total. The maximum Gasteiger partial charge on any atom is 0.226 e. The first-order valence-electron chi connectivity index (χ1n) is 7.44. The summed E-state index contributed by atoms with van der Waals surface area (Å²) in [7, 11) is 0. The summed E-state index contributed by atoms with van der Waals surface area (Å²) in [5, 5.41) is 3.66. The molecular weight excluding hydrogens is 248 g/mol. The van der Waals surface area contributed by atoms with Gasteiger partial charge in [-0.15, -0.1) is 13.2 Å². The van der Waals surface area contributed by atoms with Crippen molar-refractivity contribution >= 4 is 5.91 Å². The van der Waals surface area contributed by atoms with Crippen LogP contribution in [-0.4, -0.2) is 35.0 Å². The summed E-state index contributed by atoms with van der Waals surface area (Å²) in [6.07, 6.45) is 4.42. The summed E-state index contributed by atoms with van der Waals surface area (Å²) in [6, 6.07) is 0. The van der Waals surface area contributed by atoms with Crippen molar-refractivity contribution in [3.05, 3.63) is 25.3 Å². The van der Waals surface area contributed by atoms with Gasteiger partial charge in [-0.1, -0.05) is 19.1 Å². The van der Waals surface area contributed by atoms with E-state index in [0.717, 1.165) is 6.42 Å². The van der Waals surface area contributed by atoms with E-state index in [1.54, 1.807) is 12.2 Å². The van der Waals surface area contributed by atoms with Crippen LogP contribution in [0.4, 0.5) is 0 Å². The molecule has 3 heteroatoms. The van der Waals surface area contributed by atoms with Gasteiger partial charge in [0.15, 0.2) is 0 Å². The first kappa shape index (κ1) is 17.0. The van der Waals surface area contributed by atoms with Crippen LogP contribution in [0.1, 0.15) is 41.0 Å². The predicted octanol–water partition coefficient (Wildman–Crippen LogP) is 2.99. The van der Waals surface area contributed by atoms with Crippen LogP contribution in [0.5, 0.6) is 0 Å². The number of hydrogen-bond donors (Lipinski definition) is 1. The monoisotopic (exact) mass is 278 g/mol. The SMILES string of the molecule is C=CCN(CC=C)C(=O)C1CC(C)(C)NC(C)(C)C1C. The van der Waals surface area contributed by atoms with E-state index in [4.69, 9.17) is 0 Å². The third-order valence-corrected chi connectivity index (χ3v) is 4.46. The fourth-order valence-corrected chi connectivity index (χ4v) is 3.37. The van der Waals surface area contributed by atoms with Crippen molar-refractivity contribution in [3.63, 3.8) is 0 Å². The van der Waals surface area contributed by atoms with Crippen molar-refractivity contribution < 1.29 is 4.79 Å². The topological polar surface area (TPSA) is 32.3 Å². The van der Waals surface area contributed by atoms with E-state index in [1.807, 2.05) is 4.90 Å². The van der Waals surface area contributed by atoms with Crippen LogP contribution in [0, 0.1) is 11.8 Å². The van der Waals surface area contributed by atoms with Gasteiger partial charge >= 0.3 is 0 Å². The average Bonchev–Trinajstić information content (AvgIpc) is 2.31. The molecule has 0 aliphatic carbocycles. The number of rotatable bonds is 5. The summed E-state index contributed by atoms with van der Waals surface area (Å²) in [4.78, 5) is 14.7. The molecule has 0 radical (unpaired) electrons. The fourth-order valence-electron chi connectivity index (χ4n) is 3.37. The molecule has 0 saturated carbocycles. The van der Waals surface area contributed by atoms with E-state index in [-0.39, 0.29) is 22.9 Å². The van der Waals surface area contributed by atoms with Crippen molar-refractivity contribution in [1.82, 2.24) is 10.2 Å². The van der Waals surface area contributed by atoms with Gasteiger partial charge in [0.1, 0.15) is 0 Å². The van der Waals surface area contributed by atoms with Crippen LogP contribution < -0.4 is 5.32 Å². The lowest BCUT2D eigenvalue weighted by molar-refractivity contribution is -0.140. The molecule has 0 aromatic heterocycles. The third-order valence-electron chi connectivity index (χ3n) is 4.46. The minimum absolute atomic E-state index is 0.0234. The molecule has 1 heterocycles. The van der Waals surface area contributed by atoms with Crippen molar-refractivity contribution in [2.75, 3.05) is 13.1 Å². The molecule has 2 atom stereocenters. The molecule has 20 heavy (non-hydrogen) atoms. The molecule has 1 fully saturated rings. The number of nitrogens with one attached hydrogen (secondary N) is 1. The van der Waals surface area contributed by atoms with Gasteiger partial charge in [-0.25, -0.2) is 0 Å². The lowest BCUT2D eigenvalue weighted by atomic mass is 9.68. The van der Waals surface area contributed by atoms with Crippen LogP contribution in [0.3, 0.4) is 0 Å². The fraction of sp³-hybridized carbons (Fsp3) is 0.706. The average molecular weight is 278 g/mol. The molecule has 0 aromatic rings. The van der Waals surface area contributed by atoms with Gasteiger partial charge < -0.3 is 10.2 Å². The minimum Gasteiger partial charge on any atom is -0.335 e. The van der Waals surface area contributed by atoms with E-state index in [1.165, 1.54) is 0 Å². The van der Waals surface area contributed by atoms with E-state index in [9.17, 15) is 4.79 Å². The highest BCUT2D eigenvalue weighted by molar-refractivity contribution is 5.80. The van der Waals surface area contributed by atoms with E-state index < -0.39 is 0 Å². The second kappa shape index (κ2) is 6.13. The van der Waals surface area contributed by atoms with Gasteiger partial charge in [0.2, 0.25) is 5.91 Å². The van der Waals surface area contributed by atoms with Gasteiger partial charge in [0.25, 0.3) is 0 Å². The molecule has 1 aliphatic rings. The van der Waals surface area contributed by atoms with Crippen molar-refractivity contribution in [1.29, 1.82) is 0 Å². The normalized spacial score (nSPS) is 27.6. The number of carbonyl (C=O) groups excluding carboxylic acids is 1. The Hall–Kier alpha value is -1.09. The summed E-state index contributed by atoms with van der Waals surface area (Å²) in [6.45, 7) is 19.5. The van der Waals surface area contributed by atoms with Crippen LogP contribution in [-0.2, 0) is 4.79 Å². The van der Waals surface area contributed by atoms with E-state index in [0.29, 0.717) is 19.0 Å². The Bertz CT molecular complexity index is 374. The highest BCUT2D eigenvalue weighted by Gasteiger charge is 2.46. The second-order valence-electron chi connectivity index (χ2n) is 7.15. The van der Waals surface area contributed by atoms with Crippen LogP contribution in [0.15, 0.2) is 25.3 Å². The molecule has 1 saturated heterocycles. The van der Waals surface area contributed by atoms with Gasteiger partial charge in [-0.05, 0) is 40.0 Å². The molecule has 114 valence electrons. The molecule has 1 aliphatic heterocycles. The Kier molecular flexibility index (Phi) is 5.20. The lowest BCUT2D eigenvalue weighted by Crippen LogP contribution is -2.64. The Morgan fingerprint density at radius 2 is 1.75 bits per heavy atom. The summed E-state index contributed by atoms with van der Waals surface area (Å²) in [5.41, 5.74) is -0.0690.